The summed E-state index contributed by atoms with van der Waals surface area (Å²) in [5.41, 5.74) is 0. The minimum atomic E-state index is 0.675. The minimum Gasteiger partial charge on any atom is -0.382 e. The van der Waals surface area contributed by atoms with Gasteiger partial charge in [-0.25, -0.2) is 0 Å². The van der Waals surface area contributed by atoms with Crippen LogP contribution in [0.5, 0.6) is 0 Å². The van der Waals surface area contributed by atoms with E-state index in [1.54, 1.807) is 7.11 Å². The van der Waals surface area contributed by atoms with Crippen LogP contribution >= 0.6 is 0 Å². The largest absolute Gasteiger partial charge is 0.382 e. The lowest BCUT2D eigenvalue weighted by Gasteiger charge is -2.28. The van der Waals surface area contributed by atoms with Gasteiger partial charge in [-0.2, -0.15) is 0 Å². The van der Waals surface area contributed by atoms with Crippen LogP contribution in [-0.4, -0.2) is 58.6 Å². The summed E-state index contributed by atoms with van der Waals surface area (Å²) in [6.07, 6.45) is 1.94. The Balaban J connectivity index is 3.34. The third-order valence-corrected chi connectivity index (χ3v) is 1.90. The molecule has 0 atom stereocenters. The number of likely N-dealkylation sites (N-methyl/N-ethyl adjacent to an activating group) is 1. The van der Waals surface area contributed by atoms with Crippen LogP contribution in [0.3, 0.4) is 0 Å². The third kappa shape index (κ3) is 7.96. The third-order valence-electron chi connectivity index (χ3n) is 1.90. The van der Waals surface area contributed by atoms with E-state index in [0.29, 0.717) is 13.2 Å². The van der Waals surface area contributed by atoms with Crippen LogP contribution in [0.4, 0.5) is 0 Å². The minimum absolute atomic E-state index is 0.675. The molecule has 0 aromatic heterocycles. The second-order valence-electron chi connectivity index (χ2n) is 3.74. The van der Waals surface area contributed by atoms with Crippen LogP contribution in [0.2, 0.25) is 0 Å². The highest BCUT2D eigenvalue weighted by Gasteiger charge is 2.11. The average Bonchev–Trinajstić information content (AvgIpc) is 2.04. The summed E-state index contributed by atoms with van der Waals surface area (Å²) in [5.74, 6) is 0. The Morgan fingerprint density at radius 3 is 2.46 bits per heavy atom. The normalized spacial score (nSPS) is 11.6. The van der Waals surface area contributed by atoms with E-state index in [1.165, 1.54) is 0 Å². The van der Waals surface area contributed by atoms with Crippen molar-refractivity contribution in [2.75, 3.05) is 54.1 Å². The predicted octanol–water partition coefficient (Wildman–Crippen LogP) is 0.912. The molecule has 0 rings (SSSR count). The van der Waals surface area contributed by atoms with Crippen LogP contribution in [0, 0.1) is 0 Å². The zero-order valence-corrected chi connectivity index (χ0v) is 9.08. The molecule has 0 aliphatic heterocycles. The SMILES string of the molecule is C=CC[N+](C)(C)CCOCCOC. The molecule has 3 heteroatoms. The second-order valence-corrected chi connectivity index (χ2v) is 3.74. The molecule has 0 saturated carbocycles. The Morgan fingerprint density at radius 2 is 1.92 bits per heavy atom. The highest BCUT2D eigenvalue weighted by atomic mass is 16.5. The number of nitrogens with zero attached hydrogens (tertiary/aromatic N) is 1. The van der Waals surface area contributed by atoms with E-state index in [0.717, 1.165) is 24.2 Å². The Morgan fingerprint density at radius 1 is 1.23 bits per heavy atom. The fourth-order valence-corrected chi connectivity index (χ4v) is 0.997. The standard InChI is InChI=1S/C10H22NO2/c1-5-6-11(2,3)7-8-13-10-9-12-4/h5H,1,6-10H2,2-4H3/q+1. The van der Waals surface area contributed by atoms with Crippen molar-refractivity contribution in [1.29, 1.82) is 0 Å². The van der Waals surface area contributed by atoms with Gasteiger partial charge >= 0.3 is 0 Å². The average molecular weight is 188 g/mol. The molecule has 0 aliphatic carbocycles. The lowest BCUT2D eigenvalue weighted by Crippen LogP contribution is -2.42. The summed E-state index contributed by atoms with van der Waals surface area (Å²) in [5, 5.41) is 0. The van der Waals surface area contributed by atoms with Crippen molar-refractivity contribution in [1.82, 2.24) is 0 Å². The summed E-state index contributed by atoms with van der Waals surface area (Å²) in [4.78, 5) is 0. The van der Waals surface area contributed by atoms with Crippen LogP contribution < -0.4 is 0 Å². The fourth-order valence-electron chi connectivity index (χ4n) is 0.997. The number of hydrogen-bond donors (Lipinski definition) is 0. The first-order valence-electron chi connectivity index (χ1n) is 4.62. The fraction of sp³-hybridized carbons (Fsp3) is 0.800. The van der Waals surface area contributed by atoms with Crippen molar-refractivity contribution < 1.29 is 14.0 Å². The van der Waals surface area contributed by atoms with E-state index in [4.69, 9.17) is 9.47 Å². The molecule has 0 fully saturated rings. The predicted molar refractivity (Wildman–Crippen MR) is 54.7 cm³/mol. The molecule has 0 N–H and O–H groups in total. The van der Waals surface area contributed by atoms with Crippen molar-refractivity contribution in [2.24, 2.45) is 0 Å². The van der Waals surface area contributed by atoms with Crippen LogP contribution in [0.1, 0.15) is 0 Å². The monoisotopic (exact) mass is 188 g/mol. The molecule has 0 aromatic rings. The van der Waals surface area contributed by atoms with Gasteiger partial charge in [-0.1, -0.05) is 6.58 Å². The number of rotatable bonds is 8. The number of ether oxygens (including phenoxy) is 2. The first-order valence-corrected chi connectivity index (χ1v) is 4.62. The van der Waals surface area contributed by atoms with E-state index < -0.39 is 0 Å². The molecule has 0 saturated heterocycles. The van der Waals surface area contributed by atoms with Gasteiger partial charge in [0.2, 0.25) is 0 Å². The first-order chi connectivity index (χ1) is 6.12. The topological polar surface area (TPSA) is 18.5 Å². The number of hydrogen-bond acceptors (Lipinski definition) is 2. The van der Waals surface area contributed by atoms with Crippen LogP contribution in [-0.2, 0) is 9.47 Å². The van der Waals surface area contributed by atoms with E-state index in [2.05, 4.69) is 20.7 Å². The molecule has 0 amide bonds. The van der Waals surface area contributed by atoms with Gasteiger partial charge in [0.1, 0.15) is 6.54 Å². The zero-order chi connectivity index (χ0) is 10.2. The first kappa shape index (κ1) is 12.6. The molecule has 0 heterocycles. The maximum atomic E-state index is 5.38. The molecule has 0 spiro atoms. The Labute approximate surface area is 81.5 Å². The summed E-state index contributed by atoms with van der Waals surface area (Å²) in [6, 6.07) is 0. The van der Waals surface area contributed by atoms with E-state index in [1.807, 2.05) is 6.08 Å². The maximum Gasteiger partial charge on any atom is 0.102 e. The van der Waals surface area contributed by atoms with Crippen molar-refractivity contribution >= 4 is 0 Å². The van der Waals surface area contributed by atoms with Crippen molar-refractivity contribution in [3.05, 3.63) is 12.7 Å². The van der Waals surface area contributed by atoms with Crippen molar-refractivity contribution in [3.63, 3.8) is 0 Å². The molecule has 13 heavy (non-hydrogen) atoms. The van der Waals surface area contributed by atoms with E-state index in [-0.39, 0.29) is 0 Å². The van der Waals surface area contributed by atoms with E-state index >= 15 is 0 Å². The highest BCUT2D eigenvalue weighted by Crippen LogP contribution is 1.96. The van der Waals surface area contributed by atoms with Crippen molar-refractivity contribution in [2.45, 2.75) is 0 Å². The summed E-state index contributed by atoms with van der Waals surface area (Å²) < 4.78 is 11.2. The van der Waals surface area contributed by atoms with Gasteiger partial charge in [0.15, 0.2) is 0 Å². The Hall–Kier alpha value is -0.380. The molecular weight excluding hydrogens is 166 g/mol. The smallest absolute Gasteiger partial charge is 0.102 e. The number of methoxy groups -OCH3 is 1. The highest BCUT2D eigenvalue weighted by molar-refractivity contribution is 4.64. The summed E-state index contributed by atoms with van der Waals surface area (Å²) in [6.45, 7) is 7.86. The number of quaternary nitrogens is 1. The molecule has 0 radical (unpaired) electrons. The molecule has 0 unspecified atom stereocenters. The lowest BCUT2D eigenvalue weighted by atomic mass is 10.4. The second kappa shape index (κ2) is 7.06. The Kier molecular flexibility index (Phi) is 6.86. The van der Waals surface area contributed by atoms with Gasteiger partial charge in [0.25, 0.3) is 0 Å². The van der Waals surface area contributed by atoms with E-state index in [9.17, 15) is 0 Å². The van der Waals surface area contributed by atoms with Crippen LogP contribution in [0.15, 0.2) is 12.7 Å². The summed E-state index contributed by atoms with van der Waals surface area (Å²) in [7, 11) is 6.02. The molecule has 3 nitrogen and oxygen atoms in total. The van der Waals surface area contributed by atoms with Gasteiger partial charge in [-0.3, -0.25) is 0 Å². The van der Waals surface area contributed by atoms with Gasteiger partial charge in [0.05, 0.1) is 40.5 Å². The Bertz CT molecular complexity index is 135. The van der Waals surface area contributed by atoms with Crippen molar-refractivity contribution in [3.8, 4) is 0 Å². The molecule has 78 valence electrons. The zero-order valence-electron chi connectivity index (χ0n) is 9.08. The van der Waals surface area contributed by atoms with Gasteiger partial charge in [-0.05, 0) is 6.08 Å². The van der Waals surface area contributed by atoms with Gasteiger partial charge in [-0.15, -0.1) is 0 Å². The van der Waals surface area contributed by atoms with Gasteiger partial charge < -0.3 is 14.0 Å². The molecule has 0 bridgehead atoms. The quantitative estimate of drug-likeness (QED) is 0.320. The van der Waals surface area contributed by atoms with Gasteiger partial charge in [0, 0.05) is 7.11 Å². The lowest BCUT2D eigenvalue weighted by molar-refractivity contribution is -0.884. The molecular formula is C10H22NO2+. The maximum absolute atomic E-state index is 5.38. The molecule has 0 aliphatic rings. The molecule has 0 aromatic carbocycles. The summed E-state index contributed by atoms with van der Waals surface area (Å²) >= 11 is 0. The van der Waals surface area contributed by atoms with Crippen LogP contribution in [0.25, 0.3) is 0 Å².